The molecule has 1 aromatic carbocycles. The van der Waals surface area contributed by atoms with Crippen LogP contribution < -0.4 is 4.74 Å². The zero-order valence-corrected chi connectivity index (χ0v) is 12.8. The van der Waals surface area contributed by atoms with E-state index >= 15 is 0 Å². The number of methoxy groups -OCH3 is 1. The van der Waals surface area contributed by atoms with E-state index in [0.29, 0.717) is 27.6 Å². The van der Waals surface area contributed by atoms with Gasteiger partial charge in [0.1, 0.15) is 0 Å². The Morgan fingerprint density at radius 1 is 1.28 bits per heavy atom. The molecule has 1 aromatic rings. The summed E-state index contributed by atoms with van der Waals surface area (Å²) >= 11 is 17.3. The Labute approximate surface area is 123 Å². The van der Waals surface area contributed by atoms with E-state index < -0.39 is 0 Å². The van der Waals surface area contributed by atoms with Crippen molar-refractivity contribution in [1.82, 2.24) is 4.90 Å². The van der Waals surface area contributed by atoms with Crippen molar-refractivity contribution in [2.24, 2.45) is 0 Å². The fraction of sp³-hybridized carbons (Fsp3) is 0.417. The quantitative estimate of drug-likeness (QED) is 0.795. The third-order valence-corrected chi connectivity index (χ3v) is 3.22. The first-order valence-electron chi connectivity index (χ1n) is 5.31. The molecule has 1 rings (SSSR count). The first kappa shape index (κ1) is 15.5. The Balaban J connectivity index is 2.90. The maximum atomic E-state index is 6.13. The van der Waals surface area contributed by atoms with Crippen molar-refractivity contribution in [3.63, 3.8) is 0 Å². The van der Waals surface area contributed by atoms with Crippen molar-refractivity contribution in [3.05, 3.63) is 27.7 Å². The second-order valence-electron chi connectivity index (χ2n) is 3.89. The van der Waals surface area contributed by atoms with Gasteiger partial charge in [0.05, 0.1) is 16.7 Å². The fourth-order valence-electron chi connectivity index (χ4n) is 1.25. The highest BCUT2D eigenvalue weighted by molar-refractivity contribution is 7.80. The van der Waals surface area contributed by atoms with E-state index in [2.05, 4.69) is 0 Å². The molecule has 0 radical (unpaired) electrons. The smallest absolute Gasteiger partial charge is 0.264 e. The third-order valence-electron chi connectivity index (χ3n) is 2.21. The monoisotopic (exact) mass is 307 g/mol. The number of halogens is 2. The van der Waals surface area contributed by atoms with E-state index in [4.69, 9.17) is 44.9 Å². The molecule has 0 heterocycles. The summed E-state index contributed by atoms with van der Waals surface area (Å²) in [5.41, 5.74) is 0.995. The minimum atomic E-state index is 0.309. The van der Waals surface area contributed by atoms with Gasteiger partial charge in [-0.05, 0) is 36.3 Å². The zero-order chi connectivity index (χ0) is 13.7. The molecule has 0 aliphatic heterocycles. The highest BCUT2D eigenvalue weighted by atomic mass is 35.5. The van der Waals surface area contributed by atoms with Crippen LogP contribution in [0, 0.1) is 0 Å². The van der Waals surface area contributed by atoms with Gasteiger partial charge in [-0.3, -0.25) is 0 Å². The standard InChI is InChI=1S/C12H15Cl2NO2S/c1-15(2)12(18)17-11-9(13)6-8(4-5-16-3)7-10(11)14/h6-7H,4-5H2,1-3H3. The van der Waals surface area contributed by atoms with Crippen LogP contribution in [0.4, 0.5) is 0 Å². The maximum Gasteiger partial charge on any atom is 0.264 e. The predicted molar refractivity (Wildman–Crippen MR) is 79.0 cm³/mol. The highest BCUT2D eigenvalue weighted by Crippen LogP contribution is 2.34. The predicted octanol–water partition coefficient (Wildman–Crippen LogP) is 3.41. The van der Waals surface area contributed by atoms with Crippen LogP contribution in [0.25, 0.3) is 0 Å². The molecule has 0 bridgehead atoms. The minimum absolute atomic E-state index is 0.309. The molecule has 6 heteroatoms. The molecule has 100 valence electrons. The number of thiocarbonyl (C=S) groups is 1. The lowest BCUT2D eigenvalue weighted by atomic mass is 10.1. The molecular weight excluding hydrogens is 293 g/mol. The maximum absolute atomic E-state index is 6.13. The molecule has 3 nitrogen and oxygen atoms in total. The summed E-state index contributed by atoms with van der Waals surface area (Å²) in [5.74, 6) is 0.387. The average molecular weight is 308 g/mol. The van der Waals surface area contributed by atoms with Gasteiger partial charge in [0.15, 0.2) is 5.75 Å². The molecular formula is C12H15Cl2NO2S. The molecule has 0 unspecified atom stereocenters. The van der Waals surface area contributed by atoms with Gasteiger partial charge in [-0.2, -0.15) is 0 Å². The molecule has 0 N–H and O–H groups in total. The van der Waals surface area contributed by atoms with Crippen LogP contribution in [0.1, 0.15) is 5.56 Å². The van der Waals surface area contributed by atoms with Gasteiger partial charge in [-0.15, -0.1) is 0 Å². The molecule has 0 aliphatic rings. The molecule has 0 fully saturated rings. The van der Waals surface area contributed by atoms with Crippen LogP contribution in [-0.2, 0) is 11.2 Å². The number of benzene rings is 1. The van der Waals surface area contributed by atoms with Gasteiger partial charge < -0.3 is 14.4 Å². The molecule has 0 amide bonds. The van der Waals surface area contributed by atoms with Crippen LogP contribution in [0.3, 0.4) is 0 Å². The van der Waals surface area contributed by atoms with Crippen LogP contribution in [0.2, 0.25) is 10.0 Å². The van der Waals surface area contributed by atoms with Crippen LogP contribution in [0.5, 0.6) is 5.75 Å². The number of hydrogen-bond acceptors (Lipinski definition) is 3. The second kappa shape index (κ2) is 7.14. The molecule has 0 saturated heterocycles. The van der Waals surface area contributed by atoms with Crippen molar-refractivity contribution < 1.29 is 9.47 Å². The lowest BCUT2D eigenvalue weighted by Crippen LogP contribution is -2.25. The summed E-state index contributed by atoms with van der Waals surface area (Å²) in [6, 6.07) is 3.61. The highest BCUT2D eigenvalue weighted by Gasteiger charge is 2.13. The largest absolute Gasteiger partial charge is 0.429 e. The van der Waals surface area contributed by atoms with Crippen LogP contribution in [-0.4, -0.2) is 37.9 Å². The van der Waals surface area contributed by atoms with Gasteiger partial charge in [-0.1, -0.05) is 23.2 Å². The van der Waals surface area contributed by atoms with Gasteiger partial charge in [0.25, 0.3) is 5.17 Å². The van der Waals surface area contributed by atoms with Crippen LogP contribution in [0.15, 0.2) is 12.1 Å². The lowest BCUT2D eigenvalue weighted by Gasteiger charge is -2.16. The van der Waals surface area contributed by atoms with E-state index in [0.717, 1.165) is 12.0 Å². The summed E-state index contributed by atoms with van der Waals surface area (Å²) in [6.07, 6.45) is 0.744. The normalized spacial score (nSPS) is 10.3. The first-order chi connectivity index (χ1) is 8.45. The third kappa shape index (κ3) is 4.28. The van der Waals surface area contributed by atoms with E-state index in [-0.39, 0.29) is 0 Å². The summed E-state index contributed by atoms with van der Waals surface area (Å²) in [4.78, 5) is 1.67. The number of hydrogen-bond donors (Lipinski definition) is 0. The second-order valence-corrected chi connectivity index (χ2v) is 5.06. The van der Waals surface area contributed by atoms with Gasteiger partial charge in [-0.25, -0.2) is 0 Å². The summed E-state index contributed by atoms with van der Waals surface area (Å²) in [7, 11) is 5.23. The van der Waals surface area contributed by atoms with Gasteiger partial charge in [0, 0.05) is 21.2 Å². The number of ether oxygens (including phenoxy) is 2. The Morgan fingerprint density at radius 2 is 1.83 bits per heavy atom. The number of nitrogens with zero attached hydrogens (tertiary/aromatic N) is 1. The zero-order valence-electron chi connectivity index (χ0n) is 10.5. The van der Waals surface area contributed by atoms with Crippen molar-refractivity contribution in [2.45, 2.75) is 6.42 Å². The van der Waals surface area contributed by atoms with Crippen molar-refractivity contribution in [2.75, 3.05) is 27.8 Å². The Bertz CT molecular complexity index is 415. The van der Waals surface area contributed by atoms with Crippen molar-refractivity contribution >= 4 is 40.6 Å². The minimum Gasteiger partial charge on any atom is -0.429 e. The van der Waals surface area contributed by atoms with Crippen LogP contribution >= 0.6 is 35.4 Å². The fourth-order valence-corrected chi connectivity index (χ4v) is 1.95. The Kier molecular flexibility index (Phi) is 6.15. The van der Waals surface area contributed by atoms with Crippen molar-refractivity contribution in [3.8, 4) is 5.75 Å². The van der Waals surface area contributed by atoms with E-state index in [1.165, 1.54) is 0 Å². The van der Waals surface area contributed by atoms with E-state index in [1.807, 2.05) is 0 Å². The molecule has 0 aliphatic carbocycles. The summed E-state index contributed by atoms with van der Waals surface area (Å²) in [6.45, 7) is 0.614. The van der Waals surface area contributed by atoms with Crippen molar-refractivity contribution in [1.29, 1.82) is 0 Å². The molecule has 0 aromatic heterocycles. The molecule has 18 heavy (non-hydrogen) atoms. The lowest BCUT2D eigenvalue weighted by molar-refractivity contribution is 0.202. The Morgan fingerprint density at radius 3 is 2.28 bits per heavy atom. The SMILES string of the molecule is COCCc1cc(Cl)c(OC(=S)N(C)C)c(Cl)c1. The molecule has 0 atom stereocenters. The summed E-state index contributed by atoms with van der Waals surface area (Å²) in [5, 5.41) is 1.19. The van der Waals surface area contributed by atoms with Gasteiger partial charge in [0.2, 0.25) is 0 Å². The van der Waals surface area contributed by atoms with E-state index in [9.17, 15) is 0 Å². The number of rotatable bonds is 4. The molecule has 0 saturated carbocycles. The first-order valence-corrected chi connectivity index (χ1v) is 6.48. The van der Waals surface area contributed by atoms with Gasteiger partial charge >= 0.3 is 0 Å². The summed E-state index contributed by atoms with van der Waals surface area (Å²) < 4.78 is 10.5. The average Bonchev–Trinajstić information content (AvgIpc) is 2.30. The Hall–Kier alpha value is -0.550. The topological polar surface area (TPSA) is 21.7 Å². The van der Waals surface area contributed by atoms with E-state index in [1.54, 1.807) is 38.2 Å². The molecule has 0 spiro atoms.